The highest BCUT2D eigenvalue weighted by molar-refractivity contribution is 5.96. The normalized spacial score (nSPS) is 11.8. The number of benzene rings is 2. The highest BCUT2D eigenvalue weighted by Crippen LogP contribution is 2.37. The van der Waals surface area contributed by atoms with Crippen LogP contribution < -0.4 is 5.32 Å². The van der Waals surface area contributed by atoms with E-state index in [2.05, 4.69) is 30.2 Å². The molecule has 4 heteroatoms. The van der Waals surface area contributed by atoms with Crippen molar-refractivity contribution in [1.82, 2.24) is 4.98 Å². The maximum absolute atomic E-state index is 11.9. The van der Waals surface area contributed by atoms with Gasteiger partial charge in [0.05, 0.1) is 11.3 Å². The zero-order chi connectivity index (χ0) is 19.4. The summed E-state index contributed by atoms with van der Waals surface area (Å²) in [6.45, 7) is 6.21. The summed E-state index contributed by atoms with van der Waals surface area (Å²) in [6.07, 6.45) is 4.41. The van der Waals surface area contributed by atoms with Gasteiger partial charge in [-0.05, 0) is 66.8 Å². The first-order chi connectivity index (χ1) is 13.0. The number of hydrogen-bond acceptors (Lipinski definition) is 3. The Kier molecular flexibility index (Phi) is 5.55. The van der Waals surface area contributed by atoms with Crippen molar-refractivity contribution in [1.29, 1.82) is 0 Å². The van der Waals surface area contributed by atoms with Gasteiger partial charge in [-0.3, -0.25) is 4.98 Å². The molecule has 27 heavy (non-hydrogen) atoms. The fourth-order valence-corrected chi connectivity index (χ4v) is 3.43. The Morgan fingerprint density at radius 1 is 1.07 bits per heavy atom. The van der Waals surface area contributed by atoms with Crippen LogP contribution in [0.1, 0.15) is 51.9 Å². The molecule has 0 aliphatic heterocycles. The molecule has 138 valence electrons. The molecule has 1 heterocycles. The van der Waals surface area contributed by atoms with Gasteiger partial charge in [-0.1, -0.05) is 31.2 Å². The molecule has 2 aromatic carbocycles. The fourth-order valence-electron chi connectivity index (χ4n) is 3.43. The van der Waals surface area contributed by atoms with Crippen LogP contribution in [0.2, 0.25) is 0 Å². The molecular formula is C23H24N2O2. The summed E-state index contributed by atoms with van der Waals surface area (Å²) >= 11 is 0. The van der Waals surface area contributed by atoms with Crippen molar-refractivity contribution >= 4 is 17.3 Å². The number of aromatic carboxylic acids is 1. The van der Waals surface area contributed by atoms with Crippen LogP contribution in [0.3, 0.4) is 0 Å². The van der Waals surface area contributed by atoms with E-state index in [4.69, 9.17) is 0 Å². The summed E-state index contributed by atoms with van der Waals surface area (Å²) in [7, 11) is 0. The van der Waals surface area contributed by atoms with Gasteiger partial charge in [0.2, 0.25) is 0 Å². The Balaban J connectivity index is 2.16. The van der Waals surface area contributed by atoms with Crippen molar-refractivity contribution < 1.29 is 9.90 Å². The quantitative estimate of drug-likeness (QED) is 0.593. The van der Waals surface area contributed by atoms with E-state index in [1.807, 2.05) is 43.3 Å². The summed E-state index contributed by atoms with van der Waals surface area (Å²) in [4.78, 5) is 16.0. The number of nitrogens with one attached hydrogen (secondary N) is 1. The van der Waals surface area contributed by atoms with Gasteiger partial charge in [-0.2, -0.15) is 0 Å². The van der Waals surface area contributed by atoms with Crippen molar-refractivity contribution in [3.8, 4) is 0 Å². The van der Waals surface area contributed by atoms with Crippen LogP contribution in [0.4, 0.5) is 11.4 Å². The third-order valence-electron chi connectivity index (χ3n) is 5.08. The summed E-state index contributed by atoms with van der Waals surface area (Å²) in [5.41, 5.74) is 6.23. The topological polar surface area (TPSA) is 62.2 Å². The number of carboxylic acid groups (broad SMARTS) is 1. The number of carboxylic acids is 1. The van der Waals surface area contributed by atoms with E-state index in [1.54, 1.807) is 18.5 Å². The van der Waals surface area contributed by atoms with Gasteiger partial charge in [-0.15, -0.1) is 0 Å². The molecule has 0 radical (unpaired) electrons. The van der Waals surface area contributed by atoms with E-state index in [1.165, 1.54) is 0 Å². The molecule has 4 nitrogen and oxygen atoms in total. The van der Waals surface area contributed by atoms with Gasteiger partial charge in [-0.25, -0.2) is 4.79 Å². The van der Waals surface area contributed by atoms with E-state index in [9.17, 15) is 9.90 Å². The molecule has 0 saturated carbocycles. The number of nitrogens with zero attached hydrogens (tertiary/aromatic N) is 1. The fraction of sp³-hybridized carbons (Fsp3) is 0.217. The van der Waals surface area contributed by atoms with Crippen molar-refractivity contribution in [3.63, 3.8) is 0 Å². The first-order valence-corrected chi connectivity index (χ1v) is 9.12. The molecule has 0 saturated heterocycles. The molecule has 1 unspecified atom stereocenters. The molecule has 0 bridgehead atoms. The molecule has 1 atom stereocenters. The number of anilines is 2. The predicted octanol–water partition coefficient (Wildman–Crippen LogP) is 5.68. The lowest BCUT2D eigenvalue weighted by molar-refractivity contribution is 0.0698. The zero-order valence-electron chi connectivity index (χ0n) is 15.9. The molecule has 2 N–H and O–H groups in total. The summed E-state index contributed by atoms with van der Waals surface area (Å²) < 4.78 is 0. The first kappa shape index (κ1) is 18.6. The van der Waals surface area contributed by atoms with Gasteiger partial charge in [0.1, 0.15) is 0 Å². The zero-order valence-corrected chi connectivity index (χ0v) is 15.9. The monoisotopic (exact) mass is 360 g/mol. The predicted molar refractivity (Wildman–Crippen MR) is 109 cm³/mol. The Hall–Kier alpha value is -3.14. The van der Waals surface area contributed by atoms with Gasteiger partial charge in [0.25, 0.3) is 0 Å². The van der Waals surface area contributed by atoms with E-state index in [0.717, 1.165) is 34.4 Å². The molecule has 3 rings (SSSR count). The maximum Gasteiger partial charge on any atom is 0.337 e. The number of pyridine rings is 1. The lowest BCUT2D eigenvalue weighted by Gasteiger charge is -2.23. The molecule has 0 aliphatic rings. The molecule has 0 amide bonds. The molecule has 0 fully saturated rings. The van der Waals surface area contributed by atoms with E-state index < -0.39 is 5.97 Å². The third-order valence-corrected chi connectivity index (χ3v) is 5.08. The minimum absolute atomic E-state index is 0.0833. The van der Waals surface area contributed by atoms with Crippen molar-refractivity contribution in [2.24, 2.45) is 0 Å². The molecule has 3 aromatic rings. The number of aromatic nitrogens is 1. The van der Waals surface area contributed by atoms with Crippen molar-refractivity contribution in [2.45, 2.75) is 33.1 Å². The van der Waals surface area contributed by atoms with E-state index in [0.29, 0.717) is 5.69 Å². The SMILES string of the molecule is CCC(c1ccncc1)c1cccc(C(=O)O)c1Nc1cccc(C)c1C. The van der Waals surface area contributed by atoms with Crippen LogP contribution >= 0.6 is 0 Å². The second kappa shape index (κ2) is 8.04. The second-order valence-corrected chi connectivity index (χ2v) is 6.69. The lowest BCUT2D eigenvalue weighted by atomic mass is 9.87. The van der Waals surface area contributed by atoms with Crippen LogP contribution in [-0.2, 0) is 0 Å². The molecule has 1 aromatic heterocycles. The third kappa shape index (κ3) is 3.85. The molecule has 0 spiro atoms. The van der Waals surface area contributed by atoms with Crippen LogP contribution in [-0.4, -0.2) is 16.1 Å². The van der Waals surface area contributed by atoms with Crippen LogP contribution in [0.25, 0.3) is 0 Å². The standard InChI is InChI=1S/C23H24N2O2/c1-4-18(17-11-13-24-14-12-17)19-8-6-9-20(23(26)27)22(19)25-21-10-5-7-15(2)16(21)3/h5-14,18,25H,4H2,1-3H3,(H,26,27). The Labute approximate surface area is 159 Å². The number of hydrogen-bond donors (Lipinski definition) is 2. The average Bonchev–Trinajstić information content (AvgIpc) is 2.67. The molecular weight excluding hydrogens is 336 g/mol. The number of aryl methyl sites for hydroxylation is 1. The van der Waals surface area contributed by atoms with Gasteiger partial charge >= 0.3 is 5.97 Å². The van der Waals surface area contributed by atoms with Gasteiger partial charge < -0.3 is 10.4 Å². The lowest BCUT2D eigenvalue weighted by Crippen LogP contribution is -2.10. The Bertz CT molecular complexity index is 952. The van der Waals surface area contributed by atoms with E-state index >= 15 is 0 Å². The van der Waals surface area contributed by atoms with Crippen molar-refractivity contribution in [3.05, 3.63) is 88.7 Å². The van der Waals surface area contributed by atoms with Gasteiger partial charge in [0.15, 0.2) is 0 Å². The number of para-hydroxylation sites is 1. The van der Waals surface area contributed by atoms with E-state index in [-0.39, 0.29) is 11.5 Å². The summed E-state index contributed by atoms with van der Waals surface area (Å²) in [5, 5.41) is 13.2. The maximum atomic E-state index is 11.9. The Morgan fingerprint density at radius 2 is 1.78 bits per heavy atom. The van der Waals surface area contributed by atoms with Crippen LogP contribution in [0, 0.1) is 13.8 Å². The minimum Gasteiger partial charge on any atom is -0.478 e. The highest BCUT2D eigenvalue weighted by atomic mass is 16.4. The molecule has 0 aliphatic carbocycles. The smallest absolute Gasteiger partial charge is 0.337 e. The second-order valence-electron chi connectivity index (χ2n) is 6.69. The van der Waals surface area contributed by atoms with Crippen LogP contribution in [0.5, 0.6) is 0 Å². The summed E-state index contributed by atoms with van der Waals surface area (Å²) in [6, 6.07) is 15.5. The summed E-state index contributed by atoms with van der Waals surface area (Å²) in [5.74, 6) is -0.853. The van der Waals surface area contributed by atoms with Gasteiger partial charge in [0, 0.05) is 24.0 Å². The largest absolute Gasteiger partial charge is 0.478 e. The first-order valence-electron chi connectivity index (χ1n) is 9.12. The number of rotatable bonds is 6. The van der Waals surface area contributed by atoms with Crippen LogP contribution in [0.15, 0.2) is 60.9 Å². The Morgan fingerprint density at radius 3 is 2.44 bits per heavy atom. The highest BCUT2D eigenvalue weighted by Gasteiger charge is 2.21. The number of carbonyl (C=O) groups is 1. The van der Waals surface area contributed by atoms with Crippen molar-refractivity contribution in [2.75, 3.05) is 5.32 Å². The minimum atomic E-state index is -0.936. The average molecular weight is 360 g/mol.